The number of rotatable bonds is 4. The van der Waals surface area contributed by atoms with E-state index in [1.807, 2.05) is 0 Å². The SMILES string of the molecule is O=C(Nc1ccc(OC(F)F)cc1)c1nc2ncccn2n1. The molecule has 0 atom stereocenters. The largest absolute Gasteiger partial charge is 0.435 e. The molecule has 1 N–H and O–H groups in total. The van der Waals surface area contributed by atoms with Gasteiger partial charge in [0.2, 0.25) is 5.82 Å². The fourth-order valence-electron chi connectivity index (χ4n) is 1.74. The summed E-state index contributed by atoms with van der Waals surface area (Å²) < 4.78 is 29.7. The number of anilines is 1. The molecule has 1 aromatic carbocycles. The van der Waals surface area contributed by atoms with Crippen molar-refractivity contribution in [3.63, 3.8) is 0 Å². The van der Waals surface area contributed by atoms with E-state index in [2.05, 4.69) is 25.1 Å². The second kappa shape index (κ2) is 5.72. The fourth-order valence-corrected chi connectivity index (χ4v) is 1.74. The van der Waals surface area contributed by atoms with Crippen molar-refractivity contribution in [1.29, 1.82) is 0 Å². The Morgan fingerprint density at radius 2 is 2.05 bits per heavy atom. The summed E-state index contributed by atoms with van der Waals surface area (Å²) in [5.41, 5.74) is 0.401. The molecule has 0 aliphatic carbocycles. The molecule has 3 rings (SSSR count). The topological polar surface area (TPSA) is 81.4 Å². The molecule has 0 fully saturated rings. The Kier molecular flexibility index (Phi) is 3.60. The summed E-state index contributed by atoms with van der Waals surface area (Å²) in [4.78, 5) is 19.9. The van der Waals surface area contributed by atoms with Crippen molar-refractivity contribution in [1.82, 2.24) is 19.6 Å². The highest BCUT2D eigenvalue weighted by Crippen LogP contribution is 2.18. The summed E-state index contributed by atoms with van der Waals surface area (Å²) in [6.07, 6.45) is 3.15. The van der Waals surface area contributed by atoms with Gasteiger partial charge >= 0.3 is 6.61 Å². The van der Waals surface area contributed by atoms with E-state index in [9.17, 15) is 13.6 Å². The zero-order chi connectivity index (χ0) is 15.5. The minimum Gasteiger partial charge on any atom is -0.435 e. The lowest BCUT2D eigenvalue weighted by Crippen LogP contribution is -2.14. The molecule has 0 aliphatic rings. The number of nitrogens with one attached hydrogen (secondary N) is 1. The summed E-state index contributed by atoms with van der Waals surface area (Å²) >= 11 is 0. The number of halogens is 2. The molecule has 2 heterocycles. The molecule has 0 unspecified atom stereocenters. The molecule has 7 nitrogen and oxygen atoms in total. The van der Waals surface area contributed by atoms with Gasteiger partial charge in [-0.15, -0.1) is 5.10 Å². The summed E-state index contributed by atoms with van der Waals surface area (Å²) in [6.45, 7) is -2.89. The highest BCUT2D eigenvalue weighted by Gasteiger charge is 2.13. The van der Waals surface area contributed by atoms with E-state index < -0.39 is 12.5 Å². The van der Waals surface area contributed by atoms with E-state index in [4.69, 9.17) is 0 Å². The molecule has 0 spiro atoms. The monoisotopic (exact) mass is 305 g/mol. The van der Waals surface area contributed by atoms with Crippen LogP contribution in [0.15, 0.2) is 42.7 Å². The Balaban J connectivity index is 1.73. The van der Waals surface area contributed by atoms with Crippen LogP contribution in [-0.4, -0.2) is 32.1 Å². The third-order valence-corrected chi connectivity index (χ3v) is 2.66. The molecule has 112 valence electrons. The molecule has 0 radical (unpaired) electrons. The van der Waals surface area contributed by atoms with Gasteiger partial charge < -0.3 is 10.1 Å². The van der Waals surface area contributed by atoms with Gasteiger partial charge in [-0.3, -0.25) is 4.79 Å². The maximum Gasteiger partial charge on any atom is 0.387 e. The number of hydrogen-bond donors (Lipinski definition) is 1. The molecular weight excluding hydrogens is 296 g/mol. The van der Waals surface area contributed by atoms with E-state index in [1.54, 1.807) is 12.3 Å². The van der Waals surface area contributed by atoms with Crippen LogP contribution in [0.25, 0.3) is 5.78 Å². The van der Waals surface area contributed by atoms with Crippen LogP contribution in [-0.2, 0) is 0 Å². The first-order valence-electron chi connectivity index (χ1n) is 6.15. The first-order chi connectivity index (χ1) is 10.6. The average Bonchev–Trinajstić information content (AvgIpc) is 2.93. The van der Waals surface area contributed by atoms with Crippen LogP contribution in [0.4, 0.5) is 14.5 Å². The Morgan fingerprint density at radius 1 is 1.27 bits per heavy atom. The van der Waals surface area contributed by atoms with Gasteiger partial charge in [-0.25, -0.2) is 9.50 Å². The molecule has 0 saturated carbocycles. The van der Waals surface area contributed by atoms with E-state index in [1.165, 1.54) is 35.0 Å². The number of fused-ring (bicyclic) bond motifs is 1. The van der Waals surface area contributed by atoms with Gasteiger partial charge in [0, 0.05) is 18.1 Å². The normalized spacial score (nSPS) is 10.9. The highest BCUT2D eigenvalue weighted by atomic mass is 19.3. The number of ether oxygens (including phenoxy) is 1. The van der Waals surface area contributed by atoms with E-state index >= 15 is 0 Å². The highest BCUT2D eigenvalue weighted by molar-refractivity contribution is 6.01. The first kappa shape index (κ1) is 13.9. The second-order valence-electron chi connectivity index (χ2n) is 4.16. The predicted molar refractivity (Wildman–Crippen MR) is 71.8 cm³/mol. The number of amides is 1. The van der Waals surface area contributed by atoms with Crippen LogP contribution in [0.2, 0.25) is 0 Å². The van der Waals surface area contributed by atoms with Gasteiger partial charge in [0.25, 0.3) is 11.7 Å². The lowest BCUT2D eigenvalue weighted by atomic mass is 10.3. The molecule has 3 aromatic rings. The average molecular weight is 305 g/mol. The number of hydrogen-bond acceptors (Lipinski definition) is 5. The van der Waals surface area contributed by atoms with Crippen molar-refractivity contribution in [2.24, 2.45) is 0 Å². The van der Waals surface area contributed by atoms with E-state index in [0.29, 0.717) is 11.5 Å². The van der Waals surface area contributed by atoms with Crippen LogP contribution in [0.1, 0.15) is 10.6 Å². The molecule has 0 aliphatic heterocycles. The molecule has 22 heavy (non-hydrogen) atoms. The Hall–Kier alpha value is -3.10. The van der Waals surface area contributed by atoms with Gasteiger partial charge in [0.15, 0.2) is 0 Å². The van der Waals surface area contributed by atoms with Crippen molar-refractivity contribution in [2.45, 2.75) is 6.61 Å². The molecular formula is C13H9F2N5O2. The molecule has 9 heteroatoms. The zero-order valence-electron chi connectivity index (χ0n) is 11.0. The first-order valence-corrected chi connectivity index (χ1v) is 6.15. The van der Waals surface area contributed by atoms with Crippen LogP contribution >= 0.6 is 0 Å². The molecule has 2 aromatic heterocycles. The van der Waals surface area contributed by atoms with Crippen LogP contribution in [0.3, 0.4) is 0 Å². The van der Waals surface area contributed by atoms with Crippen molar-refractivity contribution in [3.8, 4) is 5.75 Å². The van der Waals surface area contributed by atoms with Gasteiger partial charge in [-0.05, 0) is 30.3 Å². The third-order valence-electron chi connectivity index (χ3n) is 2.66. The van der Waals surface area contributed by atoms with Gasteiger partial charge in [-0.1, -0.05) is 0 Å². The fraction of sp³-hybridized carbons (Fsp3) is 0.0769. The van der Waals surface area contributed by atoms with E-state index in [-0.39, 0.29) is 11.6 Å². The summed E-state index contributed by atoms with van der Waals surface area (Å²) in [6, 6.07) is 7.17. The second-order valence-corrected chi connectivity index (χ2v) is 4.16. The maximum absolute atomic E-state index is 12.0. The predicted octanol–water partition coefficient (Wildman–Crippen LogP) is 1.98. The number of aromatic nitrogens is 4. The van der Waals surface area contributed by atoms with Gasteiger partial charge in [0.1, 0.15) is 5.75 Å². The van der Waals surface area contributed by atoms with Gasteiger partial charge in [0.05, 0.1) is 0 Å². The Labute approximate surface area is 122 Å². The third kappa shape index (κ3) is 2.97. The van der Waals surface area contributed by atoms with Crippen LogP contribution in [0.5, 0.6) is 5.75 Å². The standard InChI is InChI=1S/C13H9F2N5O2/c14-12(15)22-9-4-2-8(3-5-9)17-11(21)10-18-13-16-6-1-7-20(13)19-10/h1-7,12H,(H,17,21). The van der Waals surface area contributed by atoms with E-state index in [0.717, 1.165) is 0 Å². The quantitative estimate of drug-likeness (QED) is 0.797. The molecule has 0 bridgehead atoms. The number of nitrogens with zero attached hydrogens (tertiary/aromatic N) is 4. The number of carbonyl (C=O) groups excluding carboxylic acids is 1. The zero-order valence-corrected chi connectivity index (χ0v) is 11.0. The smallest absolute Gasteiger partial charge is 0.387 e. The van der Waals surface area contributed by atoms with Crippen LogP contribution < -0.4 is 10.1 Å². The van der Waals surface area contributed by atoms with Crippen molar-refractivity contribution >= 4 is 17.4 Å². The minimum absolute atomic E-state index is 0.00283. The number of carbonyl (C=O) groups is 1. The lowest BCUT2D eigenvalue weighted by Gasteiger charge is -2.06. The van der Waals surface area contributed by atoms with Crippen molar-refractivity contribution < 1.29 is 18.3 Å². The Morgan fingerprint density at radius 3 is 2.73 bits per heavy atom. The Bertz CT molecular complexity index is 771. The van der Waals surface area contributed by atoms with Crippen molar-refractivity contribution in [3.05, 3.63) is 48.5 Å². The maximum atomic E-state index is 12.0. The summed E-state index contributed by atoms with van der Waals surface area (Å²) in [5.74, 6) is -0.281. The number of alkyl halides is 2. The minimum atomic E-state index is -2.89. The van der Waals surface area contributed by atoms with Gasteiger partial charge in [-0.2, -0.15) is 13.8 Å². The van der Waals surface area contributed by atoms with Crippen LogP contribution in [0, 0.1) is 0 Å². The lowest BCUT2D eigenvalue weighted by molar-refractivity contribution is -0.0498. The van der Waals surface area contributed by atoms with Crippen molar-refractivity contribution in [2.75, 3.05) is 5.32 Å². The summed E-state index contributed by atoms with van der Waals surface area (Å²) in [7, 11) is 0. The summed E-state index contributed by atoms with van der Waals surface area (Å²) in [5, 5.41) is 6.52. The molecule has 1 amide bonds. The number of benzene rings is 1. The molecule has 0 saturated heterocycles.